The average Bonchev–Trinajstić information content (AvgIpc) is 3.05. The molecule has 7 heteroatoms. The molecule has 3 heterocycles. The van der Waals surface area contributed by atoms with Gasteiger partial charge in [0, 0.05) is 42.8 Å². The van der Waals surface area contributed by atoms with Crippen LogP contribution in [0.3, 0.4) is 0 Å². The van der Waals surface area contributed by atoms with Crippen LogP contribution in [0, 0.1) is 0 Å². The molecule has 0 saturated carbocycles. The normalized spacial score (nSPS) is 28.2. The number of aromatic nitrogens is 2. The first-order valence-electron chi connectivity index (χ1n) is 8.93. The first-order chi connectivity index (χ1) is 11.2. The summed E-state index contributed by atoms with van der Waals surface area (Å²) in [6.45, 7) is 12.2. The fraction of sp³-hybridized carbons (Fsp3) is 0.824. The number of hydrogen-bond acceptors (Lipinski definition) is 5. The number of rotatable bonds is 4. The third kappa shape index (κ3) is 3.68. The molecule has 1 aromatic heterocycles. The van der Waals surface area contributed by atoms with Crippen LogP contribution in [0.5, 0.6) is 0 Å². The Morgan fingerprint density at radius 3 is 2.42 bits per heavy atom. The maximum absolute atomic E-state index is 12.2. The van der Waals surface area contributed by atoms with E-state index in [2.05, 4.69) is 53.8 Å². The second kappa shape index (κ2) is 6.42. The van der Waals surface area contributed by atoms with Gasteiger partial charge in [0.2, 0.25) is 0 Å². The molecule has 3 rings (SSSR count). The van der Waals surface area contributed by atoms with Crippen LogP contribution in [0.1, 0.15) is 45.5 Å². The molecule has 0 amide bonds. The summed E-state index contributed by atoms with van der Waals surface area (Å²) in [5, 5.41) is 7.57. The van der Waals surface area contributed by atoms with Gasteiger partial charge in [0.25, 0.3) is 0 Å². The minimum Gasteiger partial charge on any atom is -0.297 e. The predicted molar refractivity (Wildman–Crippen MR) is 95.8 cm³/mol. The van der Waals surface area contributed by atoms with Crippen molar-refractivity contribution in [1.29, 1.82) is 0 Å². The fourth-order valence-corrected chi connectivity index (χ4v) is 5.95. The third-order valence-electron chi connectivity index (χ3n) is 5.19. The van der Waals surface area contributed by atoms with Crippen LogP contribution in [0.25, 0.3) is 0 Å². The van der Waals surface area contributed by atoms with Gasteiger partial charge in [-0.1, -0.05) is 27.7 Å². The molecule has 0 unspecified atom stereocenters. The van der Waals surface area contributed by atoms with Crippen LogP contribution < -0.4 is 0 Å². The Morgan fingerprint density at radius 2 is 1.83 bits per heavy atom. The highest BCUT2D eigenvalue weighted by Gasteiger charge is 2.46. The maximum Gasteiger partial charge on any atom is 0.153 e. The first-order valence-corrected chi connectivity index (χ1v) is 10.7. The minimum absolute atomic E-state index is 0.0216. The molecule has 0 aromatic carbocycles. The number of aromatic amines is 1. The number of sulfone groups is 1. The van der Waals surface area contributed by atoms with Crippen molar-refractivity contribution < 1.29 is 8.42 Å². The molecule has 0 spiro atoms. The van der Waals surface area contributed by atoms with E-state index in [1.807, 2.05) is 0 Å². The number of H-pyrrole nitrogens is 1. The van der Waals surface area contributed by atoms with Gasteiger partial charge in [0.1, 0.15) is 0 Å². The smallest absolute Gasteiger partial charge is 0.153 e. The zero-order valence-electron chi connectivity index (χ0n) is 15.2. The summed E-state index contributed by atoms with van der Waals surface area (Å²) in [6, 6.07) is 2.38. The lowest BCUT2D eigenvalue weighted by molar-refractivity contribution is 0.0398. The molecule has 1 N–H and O–H groups in total. The molecule has 0 bridgehead atoms. The van der Waals surface area contributed by atoms with Crippen LogP contribution in [0.15, 0.2) is 6.07 Å². The highest BCUT2D eigenvalue weighted by atomic mass is 32.2. The largest absolute Gasteiger partial charge is 0.297 e. The Balaban J connectivity index is 1.76. The molecule has 2 aliphatic rings. The second-order valence-corrected chi connectivity index (χ2v) is 10.4. The maximum atomic E-state index is 12.2. The van der Waals surface area contributed by atoms with E-state index in [-0.39, 0.29) is 23.3 Å². The van der Waals surface area contributed by atoms with E-state index < -0.39 is 9.84 Å². The zero-order chi connectivity index (χ0) is 17.5. The molecule has 0 aliphatic carbocycles. The summed E-state index contributed by atoms with van der Waals surface area (Å²) >= 11 is 0. The highest BCUT2D eigenvalue weighted by Crippen LogP contribution is 2.28. The van der Waals surface area contributed by atoms with E-state index in [1.54, 1.807) is 0 Å². The Morgan fingerprint density at radius 1 is 1.21 bits per heavy atom. The number of nitrogens with zero attached hydrogens (tertiary/aromatic N) is 3. The van der Waals surface area contributed by atoms with Crippen molar-refractivity contribution in [2.75, 3.05) is 31.1 Å². The summed E-state index contributed by atoms with van der Waals surface area (Å²) in [4.78, 5) is 4.71. The van der Waals surface area contributed by atoms with Crippen molar-refractivity contribution in [1.82, 2.24) is 20.0 Å². The first kappa shape index (κ1) is 17.9. The SMILES string of the molecule is CCCN1CCN(Cc2cc(C(C)(C)C)n[nH]2)[C@H]2CS(=O)(=O)C[C@H]21. The summed E-state index contributed by atoms with van der Waals surface area (Å²) < 4.78 is 24.4. The lowest BCUT2D eigenvalue weighted by Gasteiger charge is -2.43. The summed E-state index contributed by atoms with van der Waals surface area (Å²) in [5.41, 5.74) is 2.15. The molecule has 6 nitrogen and oxygen atoms in total. The van der Waals surface area contributed by atoms with Crippen LogP contribution in [0.4, 0.5) is 0 Å². The minimum atomic E-state index is -2.93. The van der Waals surface area contributed by atoms with Gasteiger partial charge in [-0.25, -0.2) is 8.42 Å². The summed E-state index contributed by atoms with van der Waals surface area (Å²) in [7, 11) is -2.93. The van der Waals surface area contributed by atoms with Crippen molar-refractivity contribution in [3.63, 3.8) is 0 Å². The van der Waals surface area contributed by atoms with E-state index >= 15 is 0 Å². The third-order valence-corrected chi connectivity index (χ3v) is 6.89. The Bertz CT molecular complexity index is 677. The Kier molecular flexibility index (Phi) is 4.79. The van der Waals surface area contributed by atoms with Gasteiger partial charge in [0.05, 0.1) is 17.2 Å². The number of fused-ring (bicyclic) bond motifs is 1. The van der Waals surface area contributed by atoms with E-state index in [0.29, 0.717) is 5.75 Å². The topological polar surface area (TPSA) is 69.3 Å². The van der Waals surface area contributed by atoms with Crippen molar-refractivity contribution in [3.8, 4) is 0 Å². The standard InChI is InChI=1S/C17H30N4O2S/c1-5-6-20-7-8-21(15-12-24(22,23)11-14(15)20)10-13-9-16(19-18-13)17(2,3)4/h9,14-15H,5-8,10-12H2,1-4H3,(H,18,19)/t14-,15+/m1/s1. The van der Waals surface area contributed by atoms with E-state index in [4.69, 9.17) is 0 Å². The number of piperazine rings is 1. The molecule has 2 atom stereocenters. The number of nitrogens with one attached hydrogen (secondary N) is 1. The Labute approximate surface area is 145 Å². The molecule has 24 heavy (non-hydrogen) atoms. The van der Waals surface area contributed by atoms with Gasteiger partial charge in [0.15, 0.2) is 9.84 Å². The molecule has 1 aromatic rings. The van der Waals surface area contributed by atoms with Crippen LogP contribution in [-0.2, 0) is 21.8 Å². The van der Waals surface area contributed by atoms with E-state index in [0.717, 1.165) is 44.0 Å². The highest BCUT2D eigenvalue weighted by molar-refractivity contribution is 7.91. The second-order valence-electron chi connectivity index (χ2n) is 8.25. The molecular formula is C17H30N4O2S. The van der Waals surface area contributed by atoms with Gasteiger partial charge in [-0.3, -0.25) is 14.9 Å². The quantitative estimate of drug-likeness (QED) is 0.885. The molecule has 0 radical (unpaired) electrons. The predicted octanol–water partition coefficient (Wildman–Crippen LogP) is 1.40. The zero-order valence-corrected chi connectivity index (χ0v) is 16.1. The average molecular weight is 355 g/mol. The van der Waals surface area contributed by atoms with Gasteiger partial charge in [-0.05, 0) is 19.0 Å². The summed E-state index contributed by atoms with van der Waals surface area (Å²) in [5.74, 6) is 0.600. The van der Waals surface area contributed by atoms with Crippen LogP contribution in [0.2, 0.25) is 0 Å². The Hall–Kier alpha value is -0.920. The van der Waals surface area contributed by atoms with Crippen molar-refractivity contribution in [2.45, 2.75) is 58.2 Å². The van der Waals surface area contributed by atoms with Gasteiger partial charge in [-0.2, -0.15) is 5.10 Å². The van der Waals surface area contributed by atoms with Gasteiger partial charge < -0.3 is 0 Å². The summed E-state index contributed by atoms with van der Waals surface area (Å²) in [6.07, 6.45) is 1.07. The van der Waals surface area contributed by atoms with E-state index in [1.165, 1.54) is 0 Å². The molecule has 2 saturated heterocycles. The molecule has 136 valence electrons. The van der Waals surface area contributed by atoms with Gasteiger partial charge in [-0.15, -0.1) is 0 Å². The molecule has 2 aliphatic heterocycles. The van der Waals surface area contributed by atoms with Crippen molar-refractivity contribution in [3.05, 3.63) is 17.5 Å². The lowest BCUT2D eigenvalue weighted by atomic mass is 9.92. The monoisotopic (exact) mass is 354 g/mol. The van der Waals surface area contributed by atoms with E-state index in [9.17, 15) is 8.42 Å². The van der Waals surface area contributed by atoms with Crippen LogP contribution >= 0.6 is 0 Å². The number of hydrogen-bond donors (Lipinski definition) is 1. The van der Waals surface area contributed by atoms with Gasteiger partial charge >= 0.3 is 0 Å². The molecular weight excluding hydrogens is 324 g/mol. The lowest BCUT2D eigenvalue weighted by Crippen LogP contribution is -2.58. The molecule has 2 fully saturated rings. The van der Waals surface area contributed by atoms with Crippen LogP contribution in [-0.4, -0.2) is 71.6 Å². The van der Waals surface area contributed by atoms with Crippen molar-refractivity contribution >= 4 is 9.84 Å². The van der Waals surface area contributed by atoms with Crippen molar-refractivity contribution in [2.24, 2.45) is 0 Å². The fourth-order valence-electron chi connectivity index (χ4n) is 3.90.